The minimum absolute atomic E-state index is 0.124. The molecule has 1 aliphatic heterocycles. The van der Waals surface area contributed by atoms with Gasteiger partial charge in [-0.15, -0.1) is 0 Å². The van der Waals surface area contributed by atoms with E-state index in [2.05, 4.69) is 10.4 Å². The molecule has 1 saturated heterocycles. The Hall–Kier alpha value is -3.89. The van der Waals surface area contributed by atoms with Gasteiger partial charge >= 0.3 is 6.18 Å². The highest BCUT2D eigenvalue weighted by atomic mass is 19.4. The maximum absolute atomic E-state index is 12.9. The third-order valence-electron chi connectivity index (χ3n) is 5.59. The number of nitrogens with one attached hydrogen (secondary N) is 1. The quantitative estimate of drug-likeness (QED) is 0.443. The summed E-state index contributed by atoms with van der Waals surface area (Å²) >= 11 is 0. The van der Waals surface area contributed by atoms with Crippen molar-refractivity contribution in [1.29, 1.82) is 0 Å². The highest BCUT2D eigenvalue weighted by Gasteiger charge is 2.35. The predicted octanol–water partition coefficient (Wildman–Crippen LogP) is 4.65. The third kappa shape index (κ3) is 4.97. The van der Waals surface area contributed by atoms with Gasteiger partial charge < -0.3 is 10.2 Å². The zero-order chi connectivity index (χ0) is 23.6. The number of halogens is 3. The normalized spacial score (nSPS) is 14.8. The first-order chi connectivity index (χ1) is 15.7. The Morgan fingerprint density at radius 1 is 1.12 bits per heavy atom. The molecule has 1 N–H and O–H groups in total. The van der Waals surface area contributed by atoms with Crippen molar-refractivity contribution in [2.24, 2.45) is 5.92 Å². The lowest BCUT2D eigenvalue weighted by Crippen LogP contribution is -2.38. The van der Waals surface area contributed by atoms with Crippen LogP contribution in [0.1, 0.15) is 18.4 Å². The van der Waals surface area contributed by atoms with Crippen LogP contribution in [0.5, 0.6) is 0 Å². The fourth-order valence-electron chi connectivity index (χ4n) is 3.89. The van der Waals surface area contributed by atoms with Crippen molar-refractivity contribution in [3.8, 4) is 5.69 Å². The monoisotopic (exact) mass is 459 g/mol. The molecule has 1 aliphatic rings. The van der Waals surface area contributed by atoms with Crippen LogP contribution in [0.4, 0.5) is 30.2 Å². The van der Waals surface area contributed by atoms with Crippen LogP contribution < -0.4 is 10.2 Å². The van der Waals surface area contributed by atoms with Gasteiger partial charge in [-0.3, -0.25) is 14.9 Å². The molecule has 1 fully saturated rings. The van der Waals surface area contributed by atoms with Crippen molar-refractivity contribution in [3.05, 3.63) is 76.6 Å². The number of aromatic nitrogens is 2. The average Bonchev–Trinajstić information content (AvgIpc) is 3.33. The topological polar surface area (TPSA) is 93.3 Å². The molecule has 172 valence electrons. The molecule has 8 nitrogen and oxygen atoms in total. The van der Waals surface area contributed by atoms with Crippen LogP contribution in [-0.2, 0) is 11.0 Å². The number of rotatable bonds is 5. The molecule has 0 bridgehead atoms. The van der Waals surface area contributed by atoms with Crippen LogP contribution >= 0.6 is 0 Å². The van der Waals surface area contributed by atoms with E-state index in [1.54, 1.807) is 46.2 Å². The summed E-state index contributed by atoms with van der Waals surface area (Å²) in [5, 5.41) is 18.4. The molecule has 2 aromatic carbocycles. The number of nitrogens with zero attached hydrogens (tertiary/aromatic N) is 4. The SMILES string of the molecule is O=C(Nc1cccc(-n2cccn2)c1)C1CCN(c2ccc(C(F)(F)F)cc2[N+](=O)[O-])CC1. The Bertz CT molecular complexity index is 1160. The summed E-state index contributed by atoms with van der Waals surface area (Å²) < 4.78 is 40.5. The fraction of sp³-hybridized carbons (Fsp3) is 0.273. The largest absolute Gasteiger partial charge is 0.416 e. The summed E-state index contributed by atoms with van der Waals surface area (Å²) in [6.07, 6.45) is -0.383. The first-order valence-electron chi connectivity index (χ1n) is 10.2. The van der Waals surface area contributed by atoms with E-state index in [1.165, 1.54) is 0 Å². The fourth-order valence-corrected chi connectivity index (χ4v) is 3.89. The van der Waals surface area contributed by atoms with Gasteiger partial charge in [0.15, 0.2) is 0 Å². The highest BCUT2D eigenvalue weighted by Crippen LogP contribution is 2.37. The number of carbonyl (C=O) groups excluding carboxylic acids is 1. The van der Waals surface area contributed by atoms with Crippen LogP contribution in [0.15, 0.2) is 60.9 Å². The molecule has 3 aromatic rings. The highest BCUT2D eigenvalue weighted by molar-refractivity contribution is 5.93. The minimum atomic E-state index is -4.66. The molecule has 1 amide bonds. The maximum Gasteiger partial charge on any atom is 0.416 e. The number of amides is 1. The number of anilines is 2. The summed E-state index contributed by atoms with van der Waals surface area (Å²) in [6, 6.07) is 11.5. The second kappa shape index (κ2) is 8.93. The molecule has 1 aromatic heterocycles. The molecule has 0 spiro atoms. The van der Waals surface area contributed by atoms with E-state index in [4.69, 9.17) is 0 Å². The second-order valence-corrected chi connectivity index (χ2v) is 7.71. The molecular formula is C22H20F3N5O3. The smallest absolute Gasteiger partial charge is 0.366 e. The third-order valence-corrected chi connectivity index (χ3v) is 5.59. The number of benzene rings is 2. The average molecular weight is 459 g/mol. The van der Waals surface area contributed by atoms with Crippen molar-refractivity contribution in [2.75, 3.05) is 23.3 Å². The van der Waals surface area contributed by atoms with Crippen molar-refractivity contribution >= 4 is 23.0 Å². The van der Waals surface area contributed by atoms with E-state index in [9.17, 15) is 28.1 Å². The van der Waals surface area contributed by atoms with Gasteiger partial charge in [0.05, 0.1) is 16.2 Å². The minimum Gasteiger partial charge on any atom is -0.366 e. The molecule has 0 aliphatic carbocycles. The molecular weight excluding hydrogens is 439 g/mol. The van der Waals surface area contributed by atoms with Crippen LogP contribution in [0.2, 0.25) is 0 Å². The lowest BCUT2D eigenvalue weighted by molar-refractivity contribution is -0.384. The van der Waals surface area contributed by atoms with E-state index in [-0.39, 0.29) is 17.5 Å². The Labute approximate surface area is 186 Å². The van der Waals surface area contributed by atoms with Gasteiger partial charge in [-0.2, -0.15) is 18.3 Å². The summed E-state index contributed by atoms with van der Waals surface area (Å²) in [7, 11) is 0. The van der Waals surface area contributed by atoms with E-state index in [0.29, 0.717) is 37.7 Å². The van der Waals surface area contributed by atoms with Crippen molar-refractivity contribution in [2.45, 2.75) is 19.0 Å². The Kier molecular flexibility index (Phi) is 6.03. The number of piperidine rings is 1. The Morgan fingerprint density at radius 3 is 2.52 bits per heavy atom. The number of hydrogen-bond acceptors (Lipinski definition) is 5. The first-order valence-corrected chi connectivity index (χ1v) is 10.2. The summed E-state index contributed by atoms with van der Waals surface area (Å²) in [5.74, 6) is -0.489. The standard InChI is InChI=1S/C22H20F3N5O3/c23-22(24,25)16-5-6-19(20(13-16)30(32)33)28-11-7-15(8-12-28)21(31)27-17-3-1-4-18(14-17)29-10-2-9-26-29/h1-6,9-10,13-15H,7-8,11-12H2,(H,27,31). The number of carbonyl (C=O) groups is 1. The molecule has 0 saturated carbocycles. The van der Waals surface area contributed by atoms with Crippen LogP contribution in [0.25, 0.3) is 5.69 Å². The lowest BCUT2D eigenvalue weighted by atomic mass is 9.95. The number of hydrogen-bond donors (Lipinski definition) is 1. The Balaban J connectivity index is 1.42. The van der Waals surface area contributed by atoms with Crippen molar-refractivity contribution in [3.63, 3.8) is 0 Å². The number of nitro benzene ring substituents is 1. The van der Waals surface area contributed by atoms with Gasteiger partial charge in [-0.25, -0.2) is 4.68 Å². The second-order valence-electron chi connectivity index (χ2n) is 7.71. The summed E-state index contributed by atoms with van der Waals surface area (Å²) in [6.45, 7) is 0.634. The molecule has 0 radical (unpaired) electrons. The van der Waals surface area contributed by atoms with E-state index in [1.807, 2.05) is 6.07 Å². The van der Waals surface area contributed by atoms with Crippen molar-refractivity contribution in [1.82, 2.24) is 9.78 Å². The maximum atomic E-state index is 12.9. The zero-order valence-electron chi connectivity index (χ0n) is 17.3. The Morgan fingerprint density at radius 2 is 1.88 bits per heavy atom. The molecule has 0 unspecified atom stereocenters. The van der Waals surface area contributed by atoms with Crippen molar-refractivity contribution < 1.29 is 22.9 Å². The molecule has 11 heteroatoms. The molecule has 33 heavy (non-hydrogen) atoms. The number of nitro groups is 1. The van der Waals surface area contributed by atoms with E-state index < -0.39 is 22.4 Å². The van der Waals surface area contributed by atoms with Gasteiger partial charge in [-0.1, -0.05) is 6.07 Å². The summed E-state index contributed by atoms with van der Waals surface area (Å²) in [4.78, 5) is 25.0. The van der Waals surface area contributed by atoms with Crippen LogP contribution in [0, 0.1) is 16.0 Å². The predicted molar refractivity (Wildman–Crippen MR) is 115 cm³/mol. The van der Waals surface area contributed by atoms with Gasteiger partial charge in [0.2, 0.25) is 5.91 Å². The van der Waals surface area contributed by atoms with Gasteiger partial charge in [0.1, 0.15) is 5.69 Å². The first kappa shape index (κ1) is 22.3. The van der Waals surface area contributed by atoms with E-state index >= 15 is 0 Å². The van der Waals surface area contributed by atoms with Crippen LogP contribution in [0.3, 0.4) is 0 Å². The van der Waals surface area contributed by atoms with Gasteiger partial charge in [-0.05, 0) is 49.2 Å². The molecule has 0 atom stereocenters. The molecule has 2 heterocycles. The summed E-state index contributed by atoms with van der Waals surface area (Å²) in [5.41, 5.74) is -0.123. The molecule has 4 rings (SSSR count). The van der Waals surface area contributed by atoms with Gasteiger partial charge in [0, 0.05) is 43.2 Å². The zero-order valence-corrected chi connectivity index (χ0v) is 17.3. The number of alkyl halides is 3. The van der Waals surface area contributed by atoms with E-state index in [0.717, 1.165) is 17.8 Å². The lowest BCUT2D eigenvalue weighted by Gasteiger charge is -2.32. The van der Waals surface area contributed by atoms with Crippen LogP contribution in [-0.4, -0.2) is 33.7 Å². The van der Waals surface area contributed by atoms with Gasteiger partial charge in [0.25, 0.3) is 5.69 Å².